The highest BCUT2D eigenvalue weighted by Gasteiger charge is 2.24. The summed E-state index contributed by atoms with van der Waals surface area (Å²) in [6.07, 6.45) is 6.57. The van der Waals surface area contributed by atoms with E-state index in [0.717, 1.165) is 38.5 Å². The molecule has 0 heterocycles. The summed E-state index contributed by atoms with van der Waals surface area (Å²) >= 11 is 0. The van der Waals surface area contributed by atoms with Crippen molar-refractivity contribution in [2.75, 3.05) is 65.9 Å². The molecule has 0 fully saturated rings. The number of nitrogens with one attached hydrogen (secondary N) is 4. The second-order valence-electron chi connectivity index (χ2n) is 11.9. The number of unbranched alkanes of at least 4 members (excludes halogenated alkanes) is 7. The molecule has 0 saturated heterocycles. The van der Waals surface area contributed by atoms with Gasteiger partial charge in [0, 0.05) is 38.8 Å². The Hall–Kier alpha value is -4.20. The molecule has 0 aromatic rings. The van der Waals surface area contributed by atoms with Crippen molar-refractivity contribution < 1.29 is 72.6 Å². The Labute approximate surface area is 309 Å². The summed E-state index contributed by atoms with van der Waals surface area (Å²) in [6.45, 7) is 1.52. The van der Waals surface area contributed by atoms with E-state index in [2.05, 4.69) is 21.3 Å². The van der Waals surface area contributed by atoms with Crippen LogP contribution in [0, 0.1) is 0 Å². The van der Waals surface area contributed by atoms with Crippen molar-refractivity contribution in [1.82, 2.24) is 21.3 Å². The normalized spacial score (nSPS) is 11.9. The molecule has 0 spiro atoms. The SMILES string of the molecule is O=CCOCCOCCNC(=O)COCCOCCNC(=O)CC[C@H](NC(=O)CC[C@H](NC(=O)CCCCCCCCCCC(=O)O)C(=O)O)C(=O)O. The molecule has 0 aliphatic heterocycles. The van der Waals surface area contributed by atoms with Gasteiger partial charge in [0.15, 0.2) is 0 Å². The zero-order valence-electron chi connectivity index (χ0n) is 30.4. The molecule has 0 aromatic heterocycles. The highest BCUT2D eigenvalue weighted by Crippen LogP contribution is 2.11. The maximum absolute atomic E-state index is 12.4. The lowest BCUT2D eigenvalue weighted by Gasteiger charge is -2.17. The highest BCUT2D eigenvalue weighted by atomic mass is 16.5. The molecular formula is C34H58N4O15. The topological polar surface area (TPSA) is 282 Å². The van der Waals surface area contributed by atoms with Crippen LogP contribution >= 0.6 is 0 Å². The molecule has 7 N–H and O–H groups in total. The summed E-state index contributed by atoms with van der Waals surface area (Å²) in [5, 5.41) is 37.4. The van der Waals surface area contributed by atoms with Crippen LogP contribution in [0.4, 0.5) is 0 Å². The summed E-state index contributed by atoms with van der Waals surface area (Å²) in [4.78, 5) is 92.4. The third kappa shape index (κ3) is 32.2. The smallest absolute Gasteiger partial charge is 0.326 e. The van der Waals surface area contributed by atoms with Gasteiger partial charge in [-0.2, -0.15) is 0 Å². The summed E-state index contributed by atoms with van der Waals surface area (Å²) in [6, 6.07) is -2.71. The Morgan fingerprint density at radius 1 is 0.491 bits per heavy atom. The Morgan fingerprint density at radius 2 is 0.925 bits per heavy atom. The van der Waals surface area contributed by atoms with Crippen molar-refractivity contribution in [1.29, 1.82) is 0 Å². The van der Waals surface area contributed by atoms with Crippen molar-refractivity contribution in [3.63, 3.8) is 0 Å². The molecular weight excluding hydrogens is 704 g/mol. The largest absolute Gasteiger partial charge is 0.481 e. The third-order valence-corrected chi connectivity index (χ3v) is 7.43. The fourth-order valence-corrected chi connectivity index (χ4v) is 4.62. The van der Waals surface area contributed by atoms with Gasteiger partial charge in [-0.25, -0.2) is 9.59 Å². The van der Waals surface area contributed by atoms with Crippen LogP contribution in [-0.2, 0) is 57.3 Å². The first-order chi connectivity index (χ1) is 25.5. The fraction of sp³-hybridized carbons (Fsp3) is 0.765. The van der Waals surface area contributed by atoms with Crippen LogP contribution in [-0.4, -0.2) is 141 Å². The molecule has 0 aliphatic rings. The summed E-state index contributed by atoms with van der Waals surface area (Å²) in [5.74, 6) is -5.49. The average molecular weight is 763 g/mol. The molecule has 0 bridgehead atoms. The molecule has 0 saturated carbocycles. The highest BCUT2D eigenvalue weighted by molar-refractivity contribution is 5.86. The molecule has 0 aromatic carbocycles. The van der Waals surface area contributed by atoms with Crippen LogP contribution in [0.15, 0.2) is 0 Å². The van der Waals surface area contributed by atoms with Gasteiger partial charge < -0.3 is 60.3 Å². The average Bonchev–Trinajstić information content (AvgIpc) is 3.11. The lowest BCUT2D eigenvalue weighted by Crippen LogP contribution is -2.44. The molecule has 0 radical (unpaired) electrons. The number of rotatable bonds is 37. The molecule has 0 aliphatic carbocycles. The standard InChI is InChI=1S/C34H58N4O15/c39-17-20-52-22-21-50-19-16-36-31(43)25-53-24-23-51-18-15-35-28(40)13-11-26(33(46)47)38-30(42)14-12-27(34(48)49)37-29(41)9-7-5-3-1-2-4-6-8-10-32(44)45/h17,26-27H,1-16,18-25H2,(H,35,40)(H,36,43)(H,37,41)(H,38,42)(H,44,45)(H,46,47)(H,48,49)/t26-,27-/m0/s1. The van der Waals surface area contributed by atoms with Crippen LogP contribution in [0.1, 0.15) is 89.9 Å². The number of carboxylic acid groups (broad SMARTS) is 3. The third-order valence-electron chi connectivity index (χ3n) is 7.43. The predicted molar refractivity (Wildman–Crippen MR) is 187 cm³/mol. The van der Waals surface area contributed by atoms with E-state index < -0.39 is 47.7 Å². The van der Waals surface area contributed by atoms with Crippen LogP contribution in [0.3, 0.4) is 0 Å². The van der Waals surface area contributed by atoms with Gasteiger partial charge in [0.1, 0.15) is 31.6 Å². The van der Waals surface area contributed by atoms with E-state index in [1.54, 1.807) is 0 Å². The van der Waals surface area contributed by atoms with E-state index in [4.69, 9.17) is 24.1 Å². The van der Waals surface area contributed by atoms with E-state index in [9.17, 15) is 48.6 Å². The van der Waals surface area contributed by atoms with Crippen molar-refractivity contribution in [3.8, 4) is 0 Å². The van der Waals surface area contributed by atoms with Gasteiger partial charge in [-0.15, -0.1) is 0 Å². The van der Waals surface area contributed by atoms with E-state index in [-0.39, 0.29) is 104 Å². The first-order valence-corrected chi connectivity index (χ1v) is 18.0. The Bertz CT molecular complexity index is 1090. The molecule has 19 nitrogen and oxygen atoms in total. The van der Waals surface area contributed by atoms with Gasteiger partial charge in [-0.3, -0.25) is 24.0 Å². The van der Waals surface area contributed by atoms with Crippen molar-refractivity contribution >= 4 is 47.8 Å². The maximum atomic E-state index is 12.4. The molecule has 53 heavy (non-hydrogen) atoms. The molecule has 2 atom stereocenters. The minimum Gasteiger partial charge on any atom is -0.481 e. The van der Waals surface area contributed by atoms with Crippen LogP contribution < -0.4 is 21.3 Å². The molecule has 4 amide bonds. The number of ether oxygens (including phenoxy) is 4. The number of amides is 4. The van der Waals surface area contributed by atoms with E-state index in [1.807, 2.05) is 0 Å². The monoisotopic (exact) mass is 762 g/mol. The molecule has 19 heteroatoms. The van der Waals surface area contributed by atoms with Gasteiger partial charge in [0.2, 0.25) is 23.6 Å². The number of hydrogen-bond acceptors (Lipinski definition) is 12. The minimum atomic E-state index is -1.39. The molecule has 0 unspecified atom stereocenters. The lowest BCUT2D eigenvalue weighted by atomic mass is 10.1. The number of carboxylic acids is 3. The van der Waals surface area contributed by atoms with Crippen LogP contribution in [0.2, 0.25) is 0 Å². The minimum absolute atomic E-state index is 0.00724. The number of aldehydes is 1. The Morgan fingerprint density at radius 3 is 1.43 bits per heavy atom. The van der Waals surface area contributed by atoms with E-state index in [0.29, 0.717) is 25.7 Å². The second kappa shape index (κ2) is 33.6. The summed E-state index contributed by atoms with van der Waals surface area (Å²) in [7, 11) is 0. The Kier molecular flexibility index (Phi) is 31.0. The van der Waals surface area contributed by atoms with Crippen molar-refractivity contribution in [3.05, 3.63) is 0 Å². The van der Waals surface area contributed by atoms with Crippen LogP contribution in [0.5, 0.6) is 0 Å². The van der Waals surface area contributed by atoms with Crippen LogP contribution in [0.25, 0.3) is 0 Å². The zero-order chi connectivity index (χ0) is 39.5. The zero-order valence-corrected chi connectivity index (χ0v) is 30.4. The molecule has 304 valence electrons. The van der Waals surface area contributed by atoms with Gasteiger partial charge >= 0.3 is 17.9 Å². The maximum Gasteiger partial charge on any atom is 0.326 e. The number of hydrogen-bond donors (Lipinski definition) is 7. The Balaban J connectivity index is 4.06. The predicted octanol–water partition coefficient (Wildman–Crippen LogP) is 0.169. The quantitative estimate of drug-likeness (QED) is 0.0328. The second-order valence-corrected chi connectivity index (χ2v) is 11.9. The van der Waals surface area contributed by atoms with Crippen molar-refractivity contribution in [2.45, 2.75) is 102 Å². The number of carbonyl (C=O) groups excluding carboxylic acids is 5. The molecule has 0 rings (SSSR count). The first-order valence-electron chi connectivity index (χ1n) is 18.0. The van der Waals surface area contributed by atoms with E-state index in [1.165, 1.54) is 0 Å². The van der Waals surface area contributed by atoms with Crippen molar-refractivity contribution in [2.24, 2.45) is 0 Å². The summed E-state index contributed by atoms with van der Waals surface area (Å²) < 4.78 is 20.6. The van der Waals surface area contributed by atoms with Gasteiger partial charge in [0.25, 0.3) is 0 Å². The summed E-state index contributed by atoms with van der Waals surface area (Å²) in [5.41, 5.74) is 0. The van der Waals surface area contributed by atoms with E-state index >= 15 is 0 Å². The van der Waals surface area contributed by atoms with Gasteiger partial charge in [-0.05, 0) is 25.7 Å². The first kappa shape index (κ1) is 48.8. The lowest BCUT2D eigenvalue weighted by molar-refractivity contribution is -0.143. The number of carbonyl (C=O) groups is 8. The van der Waals surface area contributed by atoms with Gasteiger partial charge in [0.05, 0.1) is 39.6 Å². The van der Waals surface area contributed by atoms with Gasteiger partial charge in [-0.1, -0.05) is 38.5 Å². The fourth-order valence-electron chi connectivity index (χ4n) is 4.62. The number of aliphatic carboxylic acids is 3.